The standard InChI is InChI=1S/C44H77NO5/c1-3-5-7-9-11-13-15-17-19-21-23-25-27-29-31-33-36-41(50-44(49)40-45-42(46)38-35-39-43(47)48)37-34-32-30-28-26-24-22-20-18-16-14-12-10-8-6-4-2/h11-14,17-20,41H,3-10,15-16,21-40H2,1-2H3,(H,45,46)(H,47,48)/b13-11-,14-12-,19-17-,20-18-. The average molecular weight is 700 g/mol. The van der Waals surface area contributed by atoms with Crippen LogP contribution in [0.25, 0.3) is 0 Å². The summed E-state index contributed by atoms with van der Waals surface area (Å²) in [6, 6.07) is 0. The Morgan fingerprint density at radius 2 is 0.920 bits per heavy atom. The third kappa shape index (κ3) is 38.2. The number of carbonyl (C=O) groups excluding carboxylic acids is 2. The molecule has 0 atom stereocenters. The largest absolute Gasteiger partial charge is 0.481 e. The second-order valence-electron chi connectivity index (χ2n) is 13.9. The number of ether oxygens (including phenoxy) is 1. The summed E-state index contributed by atoms with van der Waals surface area (Å²) in [6.07, 6.45) is 49.3. The van der Waals surface area contributed by atoms with Crippen molar-refractivity contribution >= 4 is 17.8 Å². The maximum absolute atomic E-state index is 12.5. The van der Waals surface area contributed by atoms with E-state index in [1.165, 1.54) is 103 Å². The maximum Gasteiger partial charge on any atom is 0.325 e. The molecule has 0 aliphatic rings. The van der Waals surface area contributed by atoms with Crippen molar-refractivity contribution in [2.24, 2.45) is 0 Å². The molecule has 0 unspecified atom stereocenters. The van der Waals surface area contributed by atoms with Crippen LogP contribution in [0.15, 0.2) is 48.6 Å². The van der Waals surface area contributed by atoms with Gasteiger partial charge in [-0.25, -0.2) is 0 Å². The molecule has 0 saturated heterocycles. The summed E-state index contributed by atoms with van der Waals surface area (Å²) in [5, 5.41) is 11.3. The number of nitrogens with one attached hydrogen (secondary N) is 1. The molecule has 6 nitrogen and oxygen atoms in total. The van der Waals surface area contributed by atoms with E-state index < -0.39 is 11.9 Å². The molecule has 288 valence electrons. The molecule has 0 saturated carbocycles. The maximum atomic E-state index is 12.5. The van der Waals surface area contributed by atoms with Gasteiger partial charge in [-0.15, -0.1) is 0 Å². The molecule has 0 aromatic heterocycles. The number of hydrogen-bond acceptors (Lipinski definition) is 4. The van der Waals surface area contributed by atoms with Gasteiger partial charge in [-0.1, -0.05) is 140 Å². The summed E-state index contributed by atoms with van der Waals surface area (Å²) < 4.78 is 5.82. The van der Waals surface area contributed by atoms with Crippen LogP contribution < -0.4 is 5.32 Å². The summed E-state index contributed by atoms with van der Waals surface area (Å²) in [6.45, 7) is 4.33. The number of carbonyl (C=O) groups is 3. The molecule has 1 amide bonds. The Morgan fingerprint density at radius 1 is 0.520 bits per heavy atom. The van der Waals surface area contributed by atoms with E-state index >= 15 is 0 Å². The van der Waals surface area contributed by atoms with Crippen LogP contribution in [0, 0.1) is 0 Å². The molecule has 0 fully saturated rings. The molecule has 0 aromatic carbocycles. The predicted molar refractivity (Wildman–Crippen MR) is 212 cm³/mol. The second-order valence-corrected chi connectivity index (χ2v) is 13.9. The second kappa shape index (κ2) is 39.2. The van der Waals surface area contributed by atoms with Gasteiger partial charge in [0.2, 0.25) is 5.91 Å². The van der Waals surface area contributed by atoms with E-state index in [9.17, 15) is 14.4 Å². The Morgan fingerprint density at radius 3 is 1.34 bits per heavy atom. The summed E-state index contributed by atoms with van der Waals surface area (Å²) in [7, 11) is 0. The molecule has 0 heterocycles. The van der Waals surface area contributed by atoms with Crippen LogP contribution in [0.5, 0.6) is 0 Å². The summed E-state index contributed by atoms with van der Waals surface area (Å²) in [5.74, 6) is -1.63. The molecule has 0 aromatic rings. The van der Waals surface area contributed by atoms with Crippen LogP contribution in [-0.2, 0) is 19.1 Å². The van der Waals surface area contributed by atoms with Crippen molar-refractivity contribution in [2.75, 3.05) is 6.54 Å². The van der Waals surface area contributed by atoms with E-state index in [-0.39, 0.29) is 37.8 Å². The van der Waals surface area contributed by atoms with Crippen molar-refractivity contribution in [3.05, 3.63) is 48.6 Å². The van der Waals surface area contributed by atoms with Crippen molar-refractivity contribution in [1.82, 2.24) is 5.32 Å². The van der Waals surface area contributed by atoms with Gasteiger partial charge in [0, 0.05) is 12.8 Å². The Kier molecular flexibility index (Phi) is 37.1. The Bertz CT molecular complexity index is 858. The van der Waals surface area contributed by atoms with Crippen LogP contribution in [-0.4, -0.2) is 35.6 Å². The van der Waals surface area contributed by atoms with Gasteiger partial charge in [-0.2, -0.15) is 0 Å². The SMILES string of the molecule is CCCCC/C=C\C/C=C\CCCCCCCCC(CCCCCCCC/C=C\C/C=C\CCCCC)OC(=O)CNC(=O)CCCC(=O)O. The van der Waals surface area contributed by atoms with E-state index in [0.717, 1.165) is 64.2 Å². The molecular weight excluding hydrogens is 622 g/mol. The highest BCUT2D eigenvalue weighted by molar-refractivity contribution is 5.82. The minimum absolute atomic E-state index is 0.0533. The molecule has 0 rings (SSSR count). The monoisotopic (exact) mass is 700 g/mol. The van der Waals surface area contributed by atoms with Gasteiger partial charge in [-0.3, -0.25) is 14.4 Å². The number of carboxylic acid groups (broad SMARTS) is 1. The molecule has 0 radical (unpaired) electrons. The van der Waals surface area contributed by atoms with E-state index in [4.69, 9.17) is 9.84 Å². The van der Waals surface area contributed by atoms with Crippen molar-refractivity contribution in [2.45, 2.75) is 206 Å². The van der Waals surface area contributed by atoms with E-state index in [1.54, 1.807) is 0 Å². The Balaban J connectivity index is 4.23. The first-order valence-corrected chi connectivity index (χ1v) is 20.8. The minimum atomic E-state index is -0.923. The van der Waals surface area contributed by atoms with Gasteiger partial charge in [0.05, 0.1) is 0 Å². The van der Waals surface area contributed by atoms with Crippen molar-refractivity contribution in [3.8, 4) is 0 Å². The van der Waals surface area contributed by atoms with Gasteiger partial charge in [0.25, 0.3) is 0 Å². The van der Waals surface area contributed by atoms with E-state index in [2.05, 4.69) is 67.8 Å². The van der Waals surface area contributed by atoms with Crippen LogP contribution in [0.3, 0.4) is 0 Å². The average Bonchev–Trinajstić information content (AvgIpc) is 3.10. The number of hydrogen-bond donors (Lipinski definition) is 2. The lowest BCUT2D eigenvalue weighted by molar-refractivity contribution is -0.150. The van der Waals surface area contributed by atoms with Crippen molar-refractivity contribution < 1.29 is 24.2 Å². The highest BCUT2D eigenvalue weighted by Crippen LogP contribution is 2.18. The number of amides is 1. The summed E-state index contributed by atoms with van der Waals surface area (Å²) >= 11 is 0. The quantitative estimate of drug-likeness (QED) is 0.0382. The molecule has 0 spiro atoms. The first-order chi connectivity index (χ1) is 24.5. The number of allylic oxidation sites excluding steroid dienone is 8. The Labute approximate surface area is 308 Å². The zero-order chi connectivity index (χ0) is 36.6. The van der Waals surface area contributed by atoms with E-state index in [1.807, 2.05) is 0 Å². The number of unbranched alkanes of at least 4 members (excludes halogenated alkanes) is 18. The van der Waals surface area contributed by atoms with Crippen LogP contribution >= 0.6 is 0 Å². The third-order valence-corrected chi connectivity index (χ3v) is 8.98. The Hall–Kier alpha value is -2.63. The zero-order valence-electron chi connectivity index (χ0n) is 32.5. The lowest BCUT2D eigenvalue weighted by atomic mass is 10.0. The van der Waals surface area contributed by atoms with Crippen LogP contribution in [0.1, 0.15) is 200 Å². The molecule has 50 heavy (non-hydrogen) atoms. The first kappa shape index (κ1) is 47.4. The fraction of sp³-hybridized carbons (Fsp3) is 0.750. The smallest absolute Gasteiger partial charge is 0.325 e. The predicted octanol–water partition coefficient (Wildman–Crippen LogP) is 12.7. The minimum Gasteiger partial charge on any atom is -0.481 e. The number of rotatable bonds is 37. The van der Waals surface area contributed by atoms with Crippen LogP contribution in [0.2, 0.25) is 0 Å². The summed E-state index contributed by atoms with van der Waals surface area (Å²) in [4.78, 5) is 35.2. The fourth-order valence-corrected chi connectivity index (χ4v) is 5.87. The van der Waals surface area contributed by atoms with Crippen molar-refractivity contribution in [3.63, 3.8) is 0 Å². The first-order valence-electron chi connectivity index (χ1n) is 20.8. The van der Waals surface area contributed by atoms with Crippen LogP contribution in [0.4, 0.5) is 0 Å². The van der Waals surface area contributed by atoms with Gasteiger partial charge >= 0.3 is 11.9 Å². The lowest BCUT2D eigenvalue weighted by Gasteiger charge is -2.18. The van der Waals surface area contributed by atoms with Gasteiger partial charge in [0.15, 0.2) is 0 Å². The highest BCUT2D eigenvalue weighted by Gasteiger charge is 2.15. The van der Waals surface area contributed by atoms with E-state index in [0.29, 0.717) is 0 Å². The van der Waals surface area contributed by atoms with Crippen molar-refractivity contribution in [1.29, 1.82) is 0 Å². The van der Waals surface area contributed by atoms with Gasteiger partial charge < -0.3 is 15.2 Å². The molecular formula is C44H77NO5. The molecule has 0 aliphatic carbocycles. The van der Waals surface area contributed by atoms with Gasteiger partial charge in [-0.05, 0) is 96.3 Å². The third-order valence-electron chi connectivity index (χ3n) is 8.98. The highest BCUT2D eigenvalue weighted by atomic mass is 16.5. The molecule has 0 bridgehead atoms. The number of aliphatic carboxylic acids is 1. The summed E-state index contributed by atoms with van der Waals surface area (Å²) in [5.41, 5.74) is 0. The number of carboxylic acids is 1. The fourth-order valence-electron chi connectivity index (χ4n) is 5.87. The number of esters is 1. The molecule has 0 aliphatic heterocycles. The lowest BCUT2D eigenvalue weighted by Crippen LogP contribution is -2.32. The molecule has 2 N–H and O–H groups in total. The zero-order valence-corrected chi connectivity index (χ0v) is 32.5. The topological polar surface area (TPSA) is 92.7 Å². The molecule has 6 heteroatoms. The van der Waals surface area contributed by atoms with Gasteiger partial charge in [0.1, 0.15) is 12.6 Å². The normalized spacial score (nSPS) is 12.0.